The van der Waals surface area contributed by atoms with Gasteiger partial charge in [-0.3, -0.25) is 9.67 Å². The molecular weight excluding hydrogens is 224 g/mol. The zero-order valence-corrected chi connectivity index (χ0v) is 9.28. The molecule has 1 N–H and O–H groups in total. The number of aryl methyl sites for hydroxylation is 2. The molecule has 0 fully saturated rings. The van der Waals surface area contributed by atoms with E-state index in [-0.39, 0.29) is 17.3 Å². The van der Waals surface area contributed by atoms with Crippen molar-refractivity contribution >= 4 is 5.97 Å². The fraction of sp³-hybridized carbons (Fsp3) is 0.200. The molecule has 0 aliphatic carbocycles. The fourth-order valence-electron chi connectivity index (χ4n) is 1.24. The number of carboxylic acids is 1. The second-order valence-electron chi connectivity index (χ2n) is 3.43. The molecule has 2 aromatic rings. The van der Waals surface area contributed by atoms with Gasteiger partial charge in [0, 0.05) is 25.0 Å². The van der Waals surface area contributed by atoms with Crippen molar-refractivity contribution in [2.75, 3.05) is 0 Å². The van der Waals surface area contributed by atoms with Crippen molar-refractivity contribution in [3.8, 4) is 11.8 Å². The lowest BCUT2D eigenvalue weighted by molar-refractivity contribution is 0.0693. The summed E-state index contributed by atoms with van der Waals surface area (Å²) in [7, 11) is 1.69. The number of hydrogen-bond donors (Lipinski definition) is 1. The highest BCUT2D eigenvalue weighted by molar-refractivity contribution is 5.90. The molecule has 0 aromatic carbocycles. The van der Waals surface area contributed by atoms with E-state index in [0.717, 1.165) is 0 Å². The molecule has 7 heteroatoms. The number of nitrogens with zero attached hydrogens (tertiary/aromatic N) is 4. The van der Waals surface area contributed by atoms with Crippen molar-refractivity contribution in [1.29, 1.82) is 0 Å². The molecule has 2 rings (SSSR count). The number of pyridine rings is 1. The zero-order chi connectivity index (χ0) is 12.4. The Morgan fingerprint density at radius 1 is 1.47 bits per heavy atom. The Kier molecular flexibility index (Phi) is 2.73. The maximum absolute atomic E-state index is 11.0. The van der Waals surface area contributed by atoms with Gasteiger partial charge in [0.15, 0.2) is 0 Å². The lowest BCUT2D eigenvalue weighted by atomic mass is 10.2. The van der Waals surface area contributed by atoms with Gasteiger partial charge in [-0.2, -0.15) is 4.98 Å². The molecular formula is C10H10N4O3. The summed E-state index contributed by atoms with van der Waals surface area (Å²) in [6, 6.07) is 1.63. The first kappa shape index (κ1) is 11.1. The molecule has 0 spiro atoms. The Hall–Kier alpha value is -2.44. The Labute approximate surface area is 96.7 Å². The number of carbonyl (C=O) groups is 1. The minimum Gasteiger partial charge on any atom is -0.477 e. The molecule has 17 heavy (non-hydrogen) atoms. The molecule has 0 amide bonds. The van der Waals surface area contributed by atoms with Gasteiger partial charge in [0.25, 0.3) is 0 Å². The standard InChI is InChI=1S/C10H10N4O3/c1-6-3-8(7(4-11-6)9(15)16)17-10-12-5-14(2)13-10/h3-5H,1-2H3,(H,15,16). The summed E-state index contributed by atoms with van der Waals surface area (Å²) in [6.07, 6.45) is 2.71. The summed E-state index contributed by atoms with van der Waals surface area (Å²) in [5, 5.41) is 12.9. The minimum absolute atomic E-state index is 0.0250. The van der Waals surface area contributed by atoms with Crippen LogP contribution < -0.4 is 4.74 Å². The first-order chi connectivity index (χ1) is 8.06. The summed E-state index contributed by atoms with van der Waals surface area (Å²) >= 11 is 0. The van der Waals surface area contributed by atoms with Gasteiger partial charge in [-0.15, -0.1) is 5.10 Å². The molecule has 0 aliphatic rings. The van der Waals surface area contributed by atoms with Gasteiger partial charge in [0.05, 0.1) is 0 Å². The van der Waals surface area contributed by atoms with E-state index in [1.807, 2.05) is 0 Å². The lowest BCUT2D eigenvalue weighted by Gasteiger charge is -2.05. The van der Waals surface area contributed by atoms with Crippen molar-refractivity contribution in [2.45, 2.75) is 6.92 Å². The highest BCUT2D eigenvalue weighted by Gasteiger charge is 2.14. The molecule has 2 aromatic heterocycles. The van der Waals surface area contributed by atoms with Crippen molar-refractivity contribution in [3.63, 3.8) is 0 Å². The van der Waals surface area contributed by atoms with Crippen molar-refractivity contribution in [3.05, 3.63) is 29.8 Å². The molecule has 0 radical (unpaired) electrons. The number of hydrogen-bond acceptors (Lipinski definition) is 5. The first-order valence-electron chi connectivity index (χ1n) is 4.79. The zero-order valence-electron chi connectivity index (χ0n) is 9.28. The van der Waals surface area contributed by atoms with E-state index >= 15 is 0 Å². The van der Waals surface area contributed by atoms with Crippen molar-refractivity contribution < 1.29 is 14.6 Å². The third kappa shape index (κ3) is 2.39. The molecule has 7 nitrogen and oxygen atoms in total. The summed E-state index contributed by atoms with van der Waals surface area (Å²) in [5.74, 6) is -0.931. The Bertz CT molecular complexity index is 564. The Balaban J connectivity index is 2.37. The van der Waals surface area contributed by atoms with Crippen molar-refractivity contribution in [1.82, 2.24) is 19.7 Å². The number of aromatic carboxylic acids is 1. The van der Waals surface area contributed by atoms with Gasteiger partial charge in [-0.1, -0.05) is 0 Å². The van der Waals surface area contributed by atoms with Gasteiger partial charge in [0.1, 0.15) is 17.6 Å². The van der Waals surface area contributed by atoms with Crippen LogP contribution in [0.1, 0.15) is 16.1 Å². The van der Waals surface area contributed by atoms with E-state index in [9.17, 15) is 4.79 Å². The van der Waals surface area contributed by atoms with Gasteiger partial charge >= 0.3 is 12.0 Å². The second kappa shape index (κ2) is 4.20. The van der Waals surface area contributed by atoms with Crippen LogP contribution >= 0.6 is 0 Å². The number of aromatic nitrogens is 4. The van der Waals surface area contributed by atoms with E-state index in [1.165, 1.54) is 23.3 Å². The van der Waals surface area contributed by atoms with Crippen LogP contribution in [0.5, 0.6) is 11.8 Å². The maximum atomic E-state index is 11.0. The topological polar surface area (TPSA) is 90.1 Å². The number of rotatable bonds is 3. The number of carboxylic acid groups (broad SMARTS) is 1. The van der Waals surface area contributed by atoms with Gasteiger partial charge < -0.3 is 9.84 Å². The Morgan fingerprint density at radius 3 is 2.82 bits per heavy atom. The minimum atomic E-state index is -1.11. The summed E-state index contributed by atoms with van der Waals surface area (Å²) in [4.78, 5) is 18.7. The largest absolute Gasteiger partial charge is 0.477 e. The van der Waals surface area contributed by atoms with Gasteiger partial charge in [-0.25, -0.2) is 4.79 Å². The van der Waals surface area contributed by atoms with Crippen LogP contribution in [0.15, 0.2) is 18.6 Å². The van der Waals surface area contributed by atoms with E-state index in [0.29, 0.717) is 5.69 Å². The molecule has 0 saturated heterocycles. The van der Waals surface area contributed by atoms with Crippen LogP contribution in [0.2, 0.25) is 0 Å². The maximum Gasteiger partial charge on any atom is 0.341 e. The molecule has 0 atom stereocenters. The van der Waals surface area contributed by atoms with Crippen LogP contribution in [0.4, 0.5) is 0 Å². The van der Waals surface area contributed by atoms with Crippen LogP contribution in [0, 0.1) is 6.92 Å². The van der Waals surface area contributed by atoms with Crippen LogP contribution in [-0.2, 0) is 7.05 Å². The van der Waals surface area contributed by atoms with Crippen LogP contribution in [-0.4, -0.2) is 30.8 Å². The molecule has 0 bridgehead atoms. The van der Waals surface area contributed by atoms with E-state index < -0.39 is 5.97 Å². The predicted octanol–water partition coefficient (Wildman–Crippen LogP) is 1.01. The summed E-state index contributed by atoms with van der Waals surface area (Å²) in [6.45, 7) is 1.74. The predicted molar refractivity (Wildman–Crippen MR) is 57.0 cm³/mol. The van der Waals surface area contributed by atoms with Gasteiger partial charge in [-0.05, 0) is 6.92 Å². The van der Waals surface area contributed by atoms with E-state index in [4.69, 9.17) is 9.84 Å². The molecule has 0 saturated carbocycles. The van der Waals surface area contributed by atoms with E-state index in [2.05, 4.69) is 15.1 Å². The molecule has 88 valence electrons. The number of ether oxygens (including phenoxy) is 1. The highest BCUT2D eigenvalue weighted by atomic mass is 16.5. The SMILES string of the molecule is Cc1cc(Oc2ncn(C)n2)c(C(=O)O)cn1. The quantitative estimate of drug-likeness (QED) is 0.852. The lowest BCUT2D eigenvalue weighted by Crippen LogP contribution is -2.02. The molecule has 0 aliphatic heterocycles. The van der Waals surface area contributed by atoms with Gasteiger partial charge in [0.2, 0.25) is 0 Å². The van der Waals surface area contributed by atoms with Crippen LogP contribution in [0.25, 0.3) is 0 Å². The first-order valence-corrected chi connectivity index (χ1v) is 4.79. The average Bonchev–Trinajstić information content (AvgIpc) is 2.63. The second-order valence-corrected chi connectivity index (χ2v) is 3.43. The molecule has 2 heterocycles. The Morgan fingerprint density at radius 2 is 2.24 bits per heavy atom. The third-order valence-electron chi connectivity index (χ3n) is 2.01. The van der Waals surface area contributed by atoms with Crippen LogP contribution in [0.3, 0.4) is 0 Å². The van der Waals surface area contributed by atoms with E-state index in [1.54, 1.807) is 14.0 Å². The smallest absolute Gasteiger partial charge is 0.341 e. The third-order valence-corrected chi connectivity index (χ3v) is 2.01. The summed E-state index contributed by atoms with van der Waals surface area (Å²) in [5.41, 5.74) is 0.629. The highest BCUT2D eigenvalue weighted by Crippen LogP contribution is 2.22. The normalized spacial score (nSPS) is 10.2. The monoisotopic (exact) mass is 234 g/mol. The molecule has 0 unspecified atom stereocenters. The van der Waals surface area contributed by atoms with Crippen molar-refractivity contribution in [2.24, 2.45) is 7.05 Å². The average molecular weight is 234 g/mol. The summed E-state index contributed by atoms with van der Waals surface area (Å²) < 4.78 is 6.77. The fourth-order valence-corrected chi connectivity index (χ4v) is 1.24.